The summed E-state index contributed by atoms with van der Waals surface area (Å²) in [6, 6.07) is 25.0. The number of benzene rings is 3. The van der Waals surface area contributed by atoms with E-state index in [1.807, 2.05) is 30.3 Å². The molecule has 1 aromatic heterocycles. The van der Waals surface area contributed by atoms with Gasteiger partial charge in [-0.3, -0.25) is 4.90 Å². The first kappa shape index (κ1) is 23.1. The van der Waals surface area contributed by atoms with E-state index in [-0.39, 0.29) is 6.29 Å². The van der Waals surface area contributed by atoms with Gasteiger partial charge in [0.25, 0.3) is 0 Å². The minimum absolute atomic E-state index is 0.141. The minimum Gasteiger partial charge on any atom is -0.465 e. The van der Waals surface area contributed by atoms with Crippen LogP contribution in [0.1, 0.15) is 24.8 Å². The zero-order chi connectivity index (χ0) is 24.2. The highest BCUT2D eigenvalue weighted by atomic mass is 16.7. The van der Waals surface area contributed by atoms with Crippen LogP contribution in [-0.2, 0) is 11.2 Å². The van der Waals surface area contributed by atoms with E-state index in [0.29, 0.717) is 5.89 Å². The van der Waals surface area contributed by atoms with E-state index in [9.17, 15) is 0 Å². The van der Waals surface area contributed by atoms with E-state index >= 15 is 0 Å². The summed E-state index contributed by atoms with van der Waals surface area (Å²) < 4.78 is 17.7. The second kappa shape index (κ2) is 10.7. The molecule has 0 spiro atoms. The van der Waals surface area contributed by atoms with Crippen LogP contribution in [0.2, 0.25) is 0 Å². The smallest absolute Gasteiger partial charge is 0.227 e. The van der Waals surface area contributed by atoms with Crippen molar-refractivity contribution >= 4 is 16.8 Å². The Morgan fingerprint density at radius 1 is 0.889 bits per heavy atom. The molecule has 3 aromatic carbocycles. The summed E-state index contributed by atoms with van der Waals surface area (Å²) in [6.45, 7) is 6.09. The van der Waals surface area contributed by atoms with Crippen molar-refractivity contribution in [3.8, 4) is 17.2 Å². The number of rotatable bonds is 7. The molecule has 0 aliphatic carbocycles. The van der Waals surface area contributed by atoms with E-state index < -0.39 is 0 Å². The summed E-state index contributed by atoms with van der Waals surface area (Å²) in [7, 11) is 0. The second-order valence-electron chi connectivity index (χ2n) is 9.67. The normalized spacial score (nSPS) is 19.0. The van der Waals surface area contributed by atoms with Crippen LogP contribution < -0.4 is 9.64 Å². The number of fused-ring (bicyclic) bond motifs is 1. The SMILES string of the molecule is c1ccc(CCN2CCN(c3ccc4oc(-c5ccc(OC6CCCCO6)cc5)nc4c3)CC2)cc1. The first-order valence-corrected chi connectivity index (χ1v) is 13.1. The minimum atomic E-state index is -0.141. The summed E-state index contributed by atoms with van der Waals surface area (Å²) >= 11 is 0. The van der Waals surface area contributed by atoms with Gasteiger partial charge in [0, 0.05) is 50.4 Å². The molecule has 0 bridgehead atoms. The van der Waals surface area contributed by atoms with Crippen molar-refractivity contribution in [2.45, 2.75) is 32.0 Å². The molecule has 0 N–H and O–H groups in total. The van der Waals surface area contributed by atoms with Crippen LogP contribution in [-0.4, -0.2) is 55.5 Å². The van der Waals surface area contributed by atoms with Gasteiger partial charge in [-0.05, 0) is 67.3 Å². The number of piperazine rings is 1. The van der Waals surface area contributed by atoms with E-state index in [2.05, 4.69) is 52.3 Å². The van der Waals surface area contributed by atoms with Gasteiger partial charge in [-0.1, -0.05) is 30.3 Å². The number of oxazole rings is 1. The maximum Gasteiger partial charge on any atom is 0.227 e. The predicted octanol–water partition coefficient (Wildman–Crippen LogP) is 5.76. The van der Waals surface area contributed by atoms with E-state index in [1.165, 1.54) is 11.3 Å². The molecule has 6 rings (SSSR count). The number of aromatic nitrogens is 1. The van der Waals surface area contributed by atoms with E-state index in [0.717, 1.165) is 87.4 Å². The molecule has 36 heavy (non-hydrogen) atoms. The summed E-state index contributed by atoms with van der Waals surface area (Å²) in [5, 5.41) is 0. The molecule has 1 unspecified atom stereocenters. The average molecular weight is 484 g/mol. The lowest BCUT2D eigenvalue weighted by Gasteiger charge is -2.36. The Bertz CT molecular complexity index is 1260. The van der Waals surface area contributed by atoms with Crippen LogP contribution in [0.4, 0.5) is 5.69 Å². The lowest BCUT2D eigenvalue weighted by Crippen LogP contribution is -2.47. The van der Waals surface area contributed by atoms with Gasteiger partial charge in [0.05, 0.1) is 6.61 Å². The van der Waals surface area contributed by atoms with Crippen molar-refractivity contribution in [1.29, 1.82) is 0 Å². The van der Waals surface area contributed by atoms with Gasteiger partial charge < -0.3 is 18.8 Å². The van der Waals surface area contributed by atoms with Gasteiger partial charge >= 0.3 is 0 Å². The topological polar surface area (TPSA) is 51.0 Å². The number of anilines is 1. The van der Waals surface area contributed by atoms with Gasteiger partial charge in [0.2, 0.25) is 5.89 Å². The number of nitrogens with zero attached hydrogens (tertiary/aromatic N) is 3. The number of hydrogen-bond acceptors (Lipinski definition) is 6. The summed E-state index contributed by atoms with van der Waals surface area (Å²) in [6.07, 6.45) is 4.17. The molecule has 1 atom stereocenters. The molecule has 0 radical (unpaired) electrons. The van der Waals surface area contributed by atoms with Crippen molar-refractivity contribution < 1.29 is 13.9 Å². The van der Waals surface area contributed by atoms with Crippen LogP contribution >= 0.6 is 0 Å². The summed E-state index contributed by atoms with van der Waals surface area (Å²) in [4.78, 5) is 9.80. The predicted molar refractivity (Wildman–Crippen MR) is 142 cm³/mol. The van der Waals surface area contributed by atoms with Crippen molar-refractivity contribution in [3.63, 3.8) is 0 Å². The third-order valence-corrected chi connectivity index (χ3v) is 7.17. The van der Waals surface area contributed by atoms with Crippen molar-refractivity contribution in [1.82, 2.24) is 9.88 Å². The largest absolute Gasteiger partial charge is 0.465 e. The molecule has 0 amide bonds. The number of ether oxygens (including phenoxy) is 2. The lowest BCUT2D eigenvalue weighted by molar-refractivity contribution is -0.105. The Hall–Kier alpha value is -3.35. The maximum atomic E-state index is 6.07. The van der Waals surface area contributed by atoms with Gasteiger partial charge in [-0.15, -0.1) is 0 Å². The average Bonchev–Trinajstić information content (AvgIpc) is 3.37. The molecule has 6 heteroatoms. The highest BCUT2D eigenvalue weighted by Crippen LogP contribution is 2.29. The highest BCUT2D eigenvalue weighted by molar-refractivity contribution is 5.80. The molecular weight excluding hydrogens is 450 g/mol. The quantitative estimate of drug-likeness (QED) is 0.333. The summed E-state index contributed by atoms with van der Waals surface area (Å²) in [5.74, 6) is 1.44. The van der Waals surface area contributed by atoms with Gasteiger partial charge in [0.15, 0.2) is 11.9 Å². The van der Waals surface area contributed by atoms with Crippen LogP contribution in [0, 0.1) is 0 Å². The fourth-order valence-electron chi connectivity index (χ4n) is 5.03. The van der Waals surface area contributed by atoms with Crippen molar-refractivity contribution in [3.05, 3.63) is 78.4 Å². The zero-order valence-corrected chi connectivity index (χ0v) is 20.6. The first-order chi connectivity index (χ1) is 17.8. The van der Waals surface area contributed by atoms with Gasteiger partial charge in [-0.2, -0.15) is 0 Å². The van der Waals surface area contributed by atoms with E-state index in [1.54, 1.807) is 0 Å². The molecule has 3 heterocycles. The Balaban J connectivity index is 1.07. The van der Waals surface area contributed by atoms with Gasteiger partial charge in [0.1, 0.15) is 11.3 Å². The Kier molecular flexibility index (Phi) is 6.87. The molecule has 0 saturated carbocycles. The second-order valence-corrected chi connectivity index (χ2v) is 9.67. The molecule has 2 fully saturated rings. The monoisotopic (exact) mass is 483 g/mol. The molecule has 2 aliphatic heterocycles. The molecule has 4 aromatic rings. The van der Waals surface area contributed by atoms with Crippen molar-refractivity contribution in [2.75, 3.05) is 44.2 Å². The highest BCUT2D eigenvalue weighted by Gasteiger charge is 2.19. The fourth-order valence-corrected chi connectivity index (χ4v) is 5.03. The third kappa shape index (κ3) is 5.40. The summed E-state index contributed by atoms with van der Waals surface area (Å²) in [5.41, 5.74) is 5.27. The molecule has 2 saturated heterocycles. The molecule has 186 valence electrons. The first-order valence-electron chi connectivity index (χ1n) is 13.1. The van der Waals surface area contributed by atoms with Gasteiger partial charge in [-0.25, -0.2) is 4.98 Å². The van der Waals surface area contributed by atoms with E-state index in [4.69, 9.17) is 18.9 Å². The lowest BCUT2D eigenvalue weighted by atomic mass is 10.1. The molecule has 6 nitrogen and oxygen atoms in total. The van der Waals surface area contributed by atoms with Crippen LogP contribution in [0.25, 0.3) is 22.6 Å². The molecule has 2 aliphatic rings. The molecular formula is C30H33N3O3. The maximum absolute atomic E-state index is 6.07. The Morgan fingerprint density at radius 2 is 1.72 bits per heavy atom. The number of hydrogen-bond donors (Lipinski definition) is 0. The third-order valence-electron chi connectivity index (χ3n) is 7.17. The standard InChI is InChI=1S/C30H33N3O3/c1-2-6-23(7-3-1)15-16-32-17-19-33(20-18-32)25-11-14-28-27(22-25)31-30(36-28)24-9-12-26(13-10-24)35-29-8-4-5-21-34-29/h1-3,6-7,9-14,22,29H,4-5,8,15-21H2. The van der Waals surface area contributed by atoms with Crippen molar-refractivity contribution in [2.24, 2.45) is 0 Å². The van der Waals surface area contributed by atoms with Crippen LogP contribution in [0.3, 0.4) is 0 Å². The Morgan fingerprint density at radius 3 is 2.50 bits per heavy atom. The Labute approximate surface area is 212 Å². The zero-order valence-electron chi connectivity index (χ0n) is 20.6. The fraction of sp³-hybridized carbons (Fsp3) is 0.367. The van der Waals surface area contributed by atoms with Crippen LogP contribution in [0.15, 0.2) is 77.2 Å². The van der Waals surface area contributed by atoms with Crippen LogP contribution in [0.5, 0.6) is 5.75 Å².